The Labute approximate surface area is 237 Å². The number of benzene rings is 2. The molecule has 0 aliphatic carbocycles. The highest BCUT2D eigenvalue weighted by Gasteiger charge is 2.26. The van der Waals surface area contributed by atoms with Crippen molar-refractivity contribution >= 4 is 11.6 Å². The van der Waals surface area contributed by atoms with E-state index in [1.165, 1.54) is 17.2 Å². The highest BCUT2D eigenvalue weighted by atomic mass is 16.6. The number of amides is 1. The Morgan fingerprint density at radius 2 is 1.68 bits per heavy atom. The molecule has 4 rings (SSSR count). The summed E-state index contributed by atoms with van der Waals surface area (Å²) in [4.78, 5) is 28.1. The van der Waals surface area contributed by atoms with Crippen molar-refractivity contribution in [1.29, 1.82) is 0 Å². The zero-order chi connectivity index (χ0) is 28.5. The molecule has 0 radical (unpaired) electrons. The lowest BCUT2D eigenvalue weighted by Crippen LogP contribution is -2.44. The van der Waals surface area contributed by atoms with Gasteiger partial charge in [-0.2, -0.15) is 0 Å². The molecule has 2 heterocycles. The van der Waals surface area contributed by atoms with E-state index in [4.69, 9.17) is 14.2 Å². The van der Waals surface area contributed by atoms with E-state index in [1.807, 2.05) is 18.7 Å². The minimum atomic E-state index is -0.438. The lowest BCUT2D eigenvalue weighted by Gasteiger charge is -2.34. The van der Waals surface area contributed by atoms with E-state index in [-0.39, 0.29) is 35.5 Å². The SMILES string of the molecule is Cc1ccc(COC2CCN(CCC(=O)N3CCC(Oc4ccc([N+](=O)[O-])c(OCC(C)C)c4)CC3)CC2)cc1. The second-order valence-corrected chi connectivity index (χ2v) is 11.4. The third-order valence-electron chi connectivity index (χ3n) is 7.58. The van der Waals surface area contributed by atoms with E-state index in [2.05, 4.69) is 36.1 Å². The highest BCUT2D eigenvalue weighted by molar-refractivity contribution is 5.76. The summed E-state index contributed by atoms with van der Waals surface area (Å²) >= 11 is 0. The molecule has 9 nitrogen and oxygen atoms in total. The molecule has 2 aliphatic heterocycles. The number of hydrogen-bond donors (Lipinski definition) is 0. The van der Waals surface area contributed by atoms with Crippen molar-refractivity contribution < 1.29 is 23.9 Å². The van der Waals surface area contributed by atoms with Crippen LogP contribution in [0.5, 0.6) is 11.5 Å². The van der Waals surface area contributed by atoms with Gasteiger partial charge in [-0.15, -0.1) is 0 Å². The maximum atomic E-state index is 12.9. The molecule has 2 aliphatic rings. The standard InChI is InChI=1S/C31H43N3O6/c1-23(2)21-39-30-20-28(8-9-29(30)34(36)37)40-27-12-18-33(19-13-27)31(35)14-17-32-15-10-26(11-16-32)38-22-25-6-4-24(3)5-7-25/h4-9,20,23,26-27H,10-19,21-22H2,1-3H3. The minimum Gasteiger partial charge on any atom is -0.490 e. The number of rotatable bonds is 12. The summed E-state index contributed by atoms with van der Waals surface area (Å²) in [6.07, 6.45) is 4.22. The maximum Gasteiger partial charge on any atom is 0.311 e. The monoisotopic (exact) mass is 553 g/mol. The van der Waals surface area contributed by atoms with Crippen LogP contribution in [-0.4, -0.2) is 72.2 Å². The van der Waals surface area contributed by atoms with Crippen molar-refractivity contribution in [3.63, 3.8) is 0 Å². The van der Waals surface area contributed by atoms with Crippen LogP contribution in [0.15, 0.2) is 42.5 Å². The number of likely N-dealkylation sites (tertiary alicyclic amines) is 2. The van der Waals surface area contributed by atoms with Crippen LogP contribution in [0, 0.1) is 23.0 Å². The van der Waals surface area contributed by atoms with E-state index in [9.17, 15) is 14.9 Å². The van der Waals surface area contributed by atoms with Crippen molar-refractivity contribution in [2.45, 2.75) is 71.7 Å². The number of nitro groups is 1. The van der Waals surface area contributed by atoms with Crippen LogP contribution in [-0.2, 0) is 16.1 Å². The molecule has 0 N–H and O–H groups in total. The summed E-state index contributed by atoms with van der Waals surface area (Å²) < 4.78 is 17.9. The molecule has 2 aromatic rings. The van der Waals surface area contributed by atoms with E-state index in [0.29, 0.717) is 38.5 Å². The molecular weight excluding hydrogens is 510 g/mol. The van der Waals surface area contributed by atoms with Gasteiger partial charge in [0.05, 0.1) is 24.2 Å². The van der Waals surface area contributed by atoms with Gasteiger partial charge >= 0.3 is 5.69 Å². The van der Waals surface area contributed by atoms with Gasteiger partial charge in [-0.1, -0.05) is 43.7 Å². The fraction of sp³-hybridized carbons (Fsp3) is 0.581. The zero-order valence-electron chi connectivity index (χ0n) is 24.0. The summed E-state index contributed by atoms with van der Waals surface area (Å²) in [5.41, 5.74) is 2.40. The molecule has 0 spiro atoms. The Morgan fingerprint density at radius 1 is 1.00 bits per heavy atom. The maximum absolute atomic E-state index is 12.9. The Balaban J connectivity index is 1.14. The van der Waals surface area contributed by atoms with Gasteiger partial charge in [-0.05, 0) is 37.3 Å². The summed E-state index contributed by atoms with van der Waals surface area (Å²) in [6.45, 7) is 11.1. The third-order valence-corrected chi connectivity index (χ3v) is 7.58. The first-order valence-corrected chi connectivity index (χ1v) is 14.5. The summed E-state index contributed by atoms with van der Waals surface area (Å²) in [7, 11) is 0. The van der Waals surface area contributed by atoms with Crippen LogP contribution in [0.1, 0.15) is 57.1 Å². The normalized spacial score (nSPS) is 17.2. The van der Waals surface area contributed by atoms with Gasteiger partial charge in [0.2, 0.25) is 11.7 Å². The number of nitro benzene ring substituents is 1. The number of piperidine rings is 2. The van der Waals surface area contributed by atoms with Crippen molar-refractivity contribution in [2.24, 2.45) is 5.92 Å². The number of aryl methyl sites for hydroxylation is 1. The Morgan fingerprint density at radius 3 is 2.33 bits per heavy atom. The molecule has 2 aromatic carbocycles. The van der Waals surface area contributed by atoms with Gasteiger partial charge in [0, 0.05) is 64.1 Å². The predicted octanol–water partition coefficient (Wildman–Crippen LogP) is 5.38. The van der Waals surface area contributed by atoms with Gasteiger partial charge in [-0.3, -0.25) is 14.9 Å². The molecule has 2 fully saturated rings. The number of hydrogen-bond acceptors (Lipinski definition) is 7. The highest BCUT2D eigenvalue weighted by Crippen LogP contribution is 2.33. The molecule has 9 heteroatoms. The third kappa shape index (κ3) is 8.93. The fourth-order valence-electron chi connectivity index (χ4n) is 5.12. The smallest absolute Gasteiger partial charge is 0.311 e. The van der Waals surface area contributed by atoms with Crippen molar-refractivity contribution in [1.82, 2.24) is 9.80 Å². The van der Waals surface area contributed by atoms with E-state index in [1.54, 1.807) is 12.1 Å². The van der Waals surface area contributed by atoms with Crippen molar-refractivity contribution in [3.05, 3.63) is 63.7 Å². The average molecular weight is 554 g/mol. The van der Waals surface area contributed by atoms with E-state index in [0.717, 1.165) is 45.3 Å². The summed E-state index contributed by atoms with van der Waals surface area (Å²) in [5.74, 6) is 1.23. The lowest BCUT2D eigenvalue weighted by atomic mass is 10.1. The molecule has 1 amide bonds. The van der Waals surface area contributed by atoms with Crippen LogP contribution in [0.3, 0.4) is 0 Å². The van der Waals surface area contributed by atoms with Crippen LogP contribution in [0.25, 0.3) is 0 Å². The summed E-state index contributed by atoms with van der Waals surface area (Å²) in [5, 5.41) is 11.4. The quantitative estimate of drug-likeness (QED) is 0.257. The first-order valence-electron chi connectivity index (χ1n) is 14.5. The Kier molecular flexibility index (Phi) is 10.8. The number of carbonyl (C=O) groups excluding carboxylic acids is 1. The Hall–Kier alpha value is -3.17. The van der Waals surface area contributed by atoms with Gasteiger partial charge in [0.25, 0.3) is 0 Å². The second-order valence-electron chi connectivity index (χ2n) is 11.4. The first kappa shape index (κ1) is 29.8. The van der Waals surface area contributed by atoms with Crippen LogP contribution in [0.2, 0.25) is 0 Å². The molecule has 218 valence electrons. The first-order chi connectivity index (χ1) is 19.3. The molecule has 0 saturated carbocycles. The molecule has 0 aromatic heterocycles. The average Bonchev–Trinajstić information content (AvgIpc) is 2.95. The minimum absolute atomic E-state index is 0.0395. The second kappa shape index (κ2) is 14.5. The van der Waals surface area contributed by atoms with Gasteiger partial charge < -0.3 is 24.0 Å². The molecule has 0 unspecified atom stereocenters. The largest absolute Gasteiger partial charge is 0.490 e. The Bertz CT molecular complexity index is 1110. The molecule has 2 saturated heterocycles. The number of nitrogens with zero attached hydrogens (tertiary/aromatic N) is 3. The van der Waals surface area contributed by atoms with Crippen LogP contribution in [0.4, 0.5) is 5.69 Å². The summed E-state index contributed by atoms with van der Waals surface area (Å²) in [6, 6.07) is 13.1. The zero-order valence-corrected chi connectivity index (χ0v) is 24.0. The lowest BCUT2D eigenvalue weighted by molar-refractivity contribution is -0.385. The predicted molar refractivity (Wildman–Crippen MR) is 154 cm³/mol. The number of carbonyl (C=O) groups is 1. The van der Waals surface area contributed by atoms with Crippen molar-refractivity contribution in [2.75, 3.05) is 39.3 Å². The van der Waals surface area contributed by atoms with Gasteiger partial charge in [-0.25, -0.2) is 0 Å². The topological polar surface area (TPSA) is 94.4 Å². The van der Waals surface area contributed by atoms with E-state index < -0.39 is 4.92 Å². The van der Waals surface area contributed by atoms with Crippen molar-refractivity contribution in [3.8, 4) is 11.5 Å². The molecule has 40 heavy (non-hydrogen) atoms. The van der Waals surface area contributed by atoms with Crippen LogP contribution >= 0.6 is 0 Å². The van der Waals surface area contributed by atoms with Gasteiger partial charge in [0.1, 0.15) is 11.9 Å². The fourth-order valence-corrected chi connectivity index (χ4v) is 5.12. The molecule has 0 bridgehead atoms. The number of ether oxygens (including phenoxy) is 3. The van der Waals surface area contributed by atoms with E-state index >= 15 is 0 Å². The van der Waals surface area contributed by atoms with Crippen LogP contribution < -0.4 is 9.47 Å². The molecular formula is C31H43N3O6. The van der Waals surface area contributed by atoms with Gasteiger partial charge in [0.15, 0.2) is 0 Å². The molecule has 0 atom stereocenters.